The summed E-state index contributed by atoms with van der Waals surface area (Å²) in [4.78, 5) is 29.9. The maximum absolute atomic E-state index is 13.0. The Balaban J connectivity index is 1.02. The molecule has 2 aliphatic carbocycles. The van der Waals surface area contributed by atoms with Crippen LogP contribution in [0.1, 0.15) is 59.6 Å². The minimum absolute atomic E-state index is 0.0343. The van der Waals surface area contributed by atoms with Gasteiger partial charge in [0.15, 0.2) is 4.88 Å². The van der Waals surface area contributed by atoms with Crippen LogP contribution in [0.15, 0.2) is 54.9 Å². The number of carbonyl (C=O) groups excluding carboxylic acids is 2. The molecule has 11 heteroatoms. The molecule has 4 N–H and O–H groups in total. The summed E-state index contributed by atoms with van der Waals surface area (Å²) in [6.07, 6.45) is 6.66. The first-order valence-corrected chi connectivity index (χ1v) is 14.1. The number of thiazole rings is 1. The Morgan fingerprint density at radius 3 is 2.62 bits per heavy atom. The number of rotatable bonds is 9. The molecule has 0 saturated heterocycles. The average molecular weight is 562 g/mol. The molecule has 208 valence electrons. The second-order valence-electron chi connectivity index (χ2n) is 11.5. The van der Waals surface area contributed by atoms with E-state index in [1.54, 1.807) is 42.9 Å². The molecule has 1 aromatic carbocycles. The van der Waals surface area contributed by atoms with Gasteiger partial charge in [0.25, 0.3) is 11.8 Å². The zero-order valence-corrected chi connectivity index (χ0v) is 23.1. The number of nitrogens with zero attached hydrogens (tertiary/aromatic N) is 3. The minimum Gasteiger partial charge on any atom is -0.489 e. The number of primary amides is 1. The summed E-state index contributed by atoms with van der Waals surface area (Å²) in [5.41, 5.74) is 6.89. The lowest BCUT2D eigenvalue weighted by molar-refractivity contribution is -0.0845. The molecular weight excluding hydrogens is 530 g/mol. The van der Waals surface area contributed by atoms with Crippen LogP contribution in [0.25, 0.3) is 16.1 Å². The van der Waals surface area contributed by atoms with Crippen molar-refractivity contribution in [3.63, 3.8) is 0 Å². The van der Waals surface area contributed by atoms with Gasteiger partial charge in [-0.3, -0.25) is 9.59 Å². The van der Waals surface area contributed by atoms with E-state index in [1.165, 1.54) is 11.3 Å². The van der Waals surface area contributed by atoms with Gasteiger partial charge in [-0.15, -0.1) is 11.3 Å². The van der Waals surface area contributed by atoms with Crippen molar-refractivity contribution in [2.45, 2.75) is 57.3 Å². The van der Waals surface area contributed by atoms with Crippen LogP contribution in [0.2, 0.25) is 0 Å². The van der Waals surface area contributed by atoms with Crippen LogP contribution < -0.4 is 20.5 Å². The van der Waals surface area contributed by atoms with Gasteiger partial charge in [-0.1, -0.05) is 30.3 Å². The van der Waals surface area contributed by atoms with E-state index in [9.17, 15) is 14.7 Å². The molecule has 2 fully saturated rings. The largest absolute Gasteiger partial charge is 0.489 e. The molecule has 0 atom stereocenters. The van der Waals surface area contributed by atoms with Crippen LogP contribution in [0.3, 0.4) is 0 Å². The van der Waals surface area contributed by atoms with E-state index in [4.69, 9.17) is 15.2 Å². The highest BCUT2D eigenvalue weighted by molar-refractivity contribution is 7.17. The molecule has 0 bridgehead atoms. The maximum atomic E-state index is 13.0. The van der Waals surface area contributed by atoms with Crippen molar-refractivity contribution in [2.24, 2.45) is 11.1 Å². The third-order valence-electron chi connectivity index (χ3n) is 7.46. The number of carbonyl (C=O) groups is 2. The number of aromatic nitrogens is 3. The summed E-state index contributed by atoms with van der Waals surface area (Å²) in [7, 11) is 0. The molecule has 0 radical (unpaired) electrons. The number of pyridine rings is 1. The van der Waals surface area contributed by atoms with Crippen molar-refractivity contribution in [1.82, 2.24) is 19.9 Å². The predicted octanol–water partition coefficient (Wildman–Crippen LogP) is 3.83. The van der Waals surface area contributed by atoms with E-state index < -0.39 is 11.5 Å². The van der Waals surface area contributed by atoms with E-state index in [0.717, 1.165) is 31.2 Å². The summed E-state index contributed by atoms with van der Waals surface area (Å²) in [6.45, 7) is 3.49. The SMILES string of the molecule is CC(C)(O)COc1ccc2c(C(=O)NC3CC4(C3)CC(Oc3nc(-c5ccccc5)sc3C(N)=O)C4)cnn2c1. The number of amides is 2. The first-order chi connectivity index (χ1) is 19.1. The first kappa shape index (κ1) is 26.3. The van der Waals surface area contributed by atoms with E-state index >= 15 is 0 Å². The number of hydrogen-bond donors (Lipinski definition) is 3. The quantitative estimate of drug-likeness (QED) is 0.282. The van der Waals surface area contributed by atoms with Crippen molar-refractivity contribution < 1.29 is 24.2 Å². The zero-order chi connectivity index (χ0) is 28.1. The van der Waals surface area contributed by atoms with Gasteiger partial charge in [0.2, 0.25) is 5.88 Å². The number of aliphatic hydroxyl groups is 1. The van der Waals surface area contributed by atoms with E-state index in [0.29, 0.717) is 32.6 Å². The Morgan fingerprint density at radius 2 is 1.93 bits per heavy atom. The molecule has 0 aliphatic heterocycles. The summed E-state index contributed by atoms with van der Waals surface area (Å²) < 4.78 is 13.3. The van der Waals surface area contributed by atoms with Crippen molar-refractivity contribution in [2.75, 3.05) is 6.61 Å². The van der Waals surface area contributed by atoms with Gasteiger partial charge in [0, 0.05) is 11.6 Å². The van der Waals surface area contributed by atoms with Crippen molar-refractivity contribution >= 4 is 28.7 Å². The third-order valence-corrected chi connectivity index (χ3v) is 8.56. The fourth-order valence-electron chi connectivity index (χ4n) is 5.56. The number of ether oxygens (including phenoxy) is 2. The molecule has 6 rings (SSSR count). The number of nitrogens with two attached hydrogens (primary N) is 1. The Hall–Kier alpha value is -3.96. The topological polar surface area (TPSA) is 141 Å². The third kappa shape index (κ3) is 5.26. The van der Waals surface area contributed by atoms with Gasteiger partial charge >= 0.3 is 0 Å². The monoisotopic (exact) mass is 561 g/mol. The van der Waals surface area contributed by atoms with Crippen LogP contribution in [0, 0.1) is 5.41 Å². The Bertz CT molecular complexity index is 1560. The highest BCUT2D eigenvalue weighted by Crippen LogP contribution is 2.57. The first-order valence-electron chi connectivity index (χ1n) is 13.2. The molecule has 3 heterocycles. The average Bonchev–Trinajstić information content (AvgIpc) is 3.49. The molecule has 4 aromatic rings. The van der Waals surface area contributed by atoms with Gasteiger partial charge in [-0.2, -0.15) is 5.10 Å². The van der Waals surface area contributed by atoms with Crippen LogP contribution in [0.5, 0.6) is 11.6 Å². The Labute approximate surface area is 235 Å². The lowest BCUT2D eigenvalue weighted by Crippen LogP contribution is -2.58. The van der Waals surface area contributed by atoms with E-state index in [-0.39, 0.29) is 30.1 Å². The number of nitrogens with one attached hydrogen (secondary N) is 1. The number of hydrogen-bond acceptors (Lipinski definition) is 8. The highest BCUT2D eigenvalue weighted by Gasteiger charge is 2.54. The molecule has 40 heavy (non-hydrogen) atoms. The van der Waals surface area contributed by atoms with Crippen molar-refractivity contribution in [3.05, 3.63) is 65.3 Å². The summed E-state index contributed by atoms with van der Waals surface area (Å²) in [5.74, 6) is 0.168. The van der Waals surface area contributed by atoms with Gasteiger partial charge in [0.05, 0.1) is 29.1 Å². The Kier molecular flexibility index (Phi) is 6.50. The summed E-state index contributed by atoms with van der Waals surface area (Å²) >= 11 is 1.25. The molecule has 1 spiro atoms. The molecule has 0 unspecified atom stereocenters. The highest BCUT2D eigenvalue weighted by atomic mass is 32.1. The predicted molar refractivity (Wildman–Crippen MR) is 150 cm³/mol. The van der Waals surface area contributed by atoms with E-state index in [2.05, 4.69) is 15.4 Å². The smallest absolute Gasteiger partial charge is 0.264 e. The summed E-state index contributed by atoms with van der Waals surface area (Å²) in [5, 5.41) is 18.0. The second-order valence-corrected chi connectivity index (χ2v) is 12.5. The van der Waals surface area contributed by atoms with Crippen LogP contribution in [-0.2, 0) is 0 Å². The van der Waals surface area contributed by atoms with E-state index in [1.807, 2.05) is 30.3 Å². The molecule has 2 amide bonds. The molecule has 10 nitrogen and oxygen atoms in total. The van der Waals surface area contributed by atoms with Crippen LogP contribution in [0.4, 0.5) is 0 Å². The fourth-order valence-corrected chi connectivity index (χ4v) is 6.42. The lowest BCUT2D eigenvalue weighted by Gasteiger charge is -2.57. The normalized spacial score (nSPS) is 22.0. The molecule has 2 saturated carbocycles. The van der Waals surface area contributed by atoms with Gasteiger partial charge in [0.1, 0.15) is 23.5 Å². The van der Waals surface area contributed by atoms with Crippen molar-refractivity contribution in [1.29, 1.82) is 0 Å². The number of benzene rings is 1. The minimum atomic E-state index is -0.948. The Morgan fingerprint density at radius 1 is 1.18 bits per heavy atom. The van der Waals surface area contributed by atoms with Crippen LogP contribution in [-0.4, -0.2) is 55.9 Å². The van der Waals surface area contributed by atoms with Gasteiger partial charge in [-0.05, 0) is 57.1 Å². The van der Waals surface area contributed by atoms with Crippen molar-refractivity contribution in [3.8, 4) is 22.2 Å². The standard InChI is InChI=1S/C29H31N5O5S/c1-28(2,37)16-38-19-8-9-22-21(14-31-34(22)15-19)25(36)32-18-10-29(11-18)12-20(13-29)39-26-23(24(30)35)40-27(33-26)17-6-4-3-5-7-17/h3-9,14-15,18,20,37H,10-13,16H2,1-2H3,(H2,30,35)(H,32,36). The number of fused-ring (bicyclic) bond motifs is 1. The molecule has 3 aromatic heterocycles. The fraction of sp³-hybridized carbons (Fsp3) is 0.379. The second kappa shape index (κ2) is 9.90. The molecular formula is C29H31N5O5S. The summed E-state index contributed by atoms with van der Waals surface area (Å²) in [6, 6.07) is 13.3. The van der Waals surface area contributed by atoms with Crippen LogP contribution >= 0.6 is 11.3 Å². The zero-order valence-electron chi connectivity index (χ0n) is 22.3. The lowest BCUT2D eigenvalue weighted by atomic mass is 9.53. The van der Waals surface area contributed by atoms with Gasteiger partial charge in [-0.25, -0.2) is 9.50 Å². The molecule has 2 aliphatic rings. The maximum Gasteiger partial charge on any atom is 0.264 e. The van der Waals surface area contributed by atoms with Gasteiger partial charge < -0.3 is 25.6 Å².